The second-order valence-electron chi connectivity index (χ2n) is 3.89. The second kappa shape index (κ2) is 5.79. The van der Waals surface area contributed by atoms with Gasteiger partial charge >= 0.3 is 0 Å². The second-order valence-corrected chi connectivity index (χ2v) is 4.81. The van der Waals surface area contributed by atoms with Gasteiger partial charge in [-0.25, -0.2) is 4.39 Å². The van der Waals surface area contributed by atoms with Gasteiger partial charge in [0.25, 0.3) is 0 Å². The zero-order valence-corrected chi connectivity index (χ0v) is 11.4. The van der Waals surface area contributed by atoms with Crippen LogP contribution in [0.3, 0.4) is 0 Å². The number of halogens is 2. The molecule has 0 amide bonds. The normalized spacial score (nSPS) is 10.2. The Balaban J connectivity index is 2.13. The maximum atomic E-state index is 13.4. The maximum absolute atomic E-state index is 13.4. The third kappa shape index (κ3) is 3.75. The average Bonchev–Trinajstić information content (AvgIpc) is 2.36. The molecule has 0 radical (unpaired) electrons. The highest BCUT2D eigenvalue weighted by molar-refractivity contribution is 9.10. The quantitative estimate of drug-likeness (QED) is 0.671. The summed E-state index contributed by atoms with van der Waals surface area (Å²) in [5.74, 6) is -0.0495. The number of ether oxygens (including phenoxy) is 1. The largest absolute Gasteiger partial charge is 0.487 e. The Hall–Kier alpha value is -1.95. The van der Waals surface area contributed by atoms with E-state index in [1.165, 1.54) is 12.1 Å². The SMILES string of the molecule is N=C(N)c1cc(F)cc(COc2cncc(Br)c2)c1. The van der Waals surface area contributed by atoms with Crippen molar-refractivity contribution in [3.05, 3.63) is 58.1 Å². The van der Waals surface area contributed by atoms with Crippen LogP contribution in [0.15, 0.2) is 41.1 Å². The van der Waals surface area contributed by atoms with E-state index in [0.717, 1.165) is 4.47 Å². The fraction of sp³-hybridized carbons (Fsp3) is 0.0769. The number of nitrogen functional groups attached to an aromatic ring is 1. The van der Waals surface area contributed by atoms with Crippen LogP contribution in [0.1, 0.15) is 11.1 Å². The lowest BCUT2D eigenvalue weighted by molar-refractivity contribution is 0.304. The summed E-state index contributed by atoms with van der Waals surface area (Å²) < 4.78 is 19.6. The zero-order chi connectivity index (χ0) is 13.8. The minimum Gasteiger partial charge on any atom is -0.487 e. The molecule has 6 heteroatoms. The van der Waals surface area contributed by atoms with Crippen molar-refractivity contribution in [2.24, 2.45) is 5.73 Å². The molecule has 1 aromatic carbocycles. The van der Waals surface area contributed by atoms with Crippen molar-refractivity contribution in [3.8, 4) is 5.75 Å². The first-order chi connectivity index (χ1) is 9.04. The van der Waals surface area contributed by atoms with Gasteiger partial charge < -0.3 is 10.5 Å². The molecule has 0 bridgehead atoms. The van der Waals surface area contributed by atoms with E-state index >= 15 is 0 Å². The van der Waals surface area contributed by atoms with Crippen LogP contribution in [0.2, 0.25) is 0 Å². The monoisotopic (exact) mass is 323 g/mol. The molecule has 0 saturated heterocycles. The first-order valence-corrected chi connectivity index (χ1v) is 6.21. The molecular formula is C13H11BrFN3O. The predicted octanol–water partition coefficient (Wildman–Crippen LogP) is 2.85. The lowest BCUT2D eigenvalue weighted by Gasteiger charge is -2.08. The highest BCUT2D eigenvalue weighted by Crippen LogP contribution is 2.18. The maximum Gasteiger partial charge on any atom is 0.139 e. The summed E-state index contributed by atoms with van der Waals surface area (Å²) in [4.78, 5) is 3.96. The zero-order valence-electron chi connectivity index (χ0n) is 9.86. The van der Waals surface area contributed by atoms with Crippen LogP contribution in [0.5, 0.6) is 5.75 Å². The van der Waals surface area contributed by atoms with Gasteiger partial charge in [-0.2, -0.15) is 0 Å². The number of nitrogens with zero attached hydrogens (tertiary/aromatic N) is 1. The predicted molar refractivity (Wildman–Crippen MR) is 73.7 cm³/mol. The van der Waals surface area contributed by atoms with Gasteiger partial charge in [0.2, 0.25) is 0 Å². The highest BCUT2D eigenvalue weighted by Gasteiger charge is 2.04. The summed E-state index contributed by atoms with van der Waals surface area (Å²) in [7, 11) is 0. The molecule has 0 atom stereocenters. The van der Waals surface area contributed by atoms with Gasteiger partial charge in [0, 0.05) is 16.2 Å². The highest BCUT2D eigenvalue weighted by atomic mass is 79.9. The fourth-order valence-electron chi connectivity index (χ4n) is 1.53. The summed E-state index contributed by atoms with van der Waals surface area (Å²) in [5.41, 5.74) is 6.28. The molecule has 0 saturated carbocycles. The lowest BCUT2D eigenvalue weighted by atomic mass is 10.1. The molecule has 2 aromatic rings. The molecular weight excluding hydrogens is 313 g/mol. The van der Waals surface area contributed by atoms with Gasteiger partial charge in [0.15, 0.2) is 0 Å². The summed E-state index contributed by atoms with van der Waals surface area (Å²) in [6.45, 7) is 0.177. The summed E-state index contributed by atoms with van der Waals surface area (Å²) in [6, 6.07) is 5.94. The molecule has 0 fully saturated rings. The molecule has 4 nitrogen and oxygen atoms in total. The first kappa shape index (κ1) is 13.5. The average molecular weight is 324 g/mol. The van der Waals surface area contributed by atoms with Gasteiger partial charge in [-0.3, -0.25) is 10.4 Å². The van der Waals surface area contributed by atoms with Crippen LogP contribution in [0, 0.1) is 11.2 Å². The Bertz CT molecular complexity index is 619. The van der Waals surface area contributed by atoms with E-state index in [9.17, 15) is 4.39 Å². The lowest BCUT2D eigenvalue weighted by Crippen LogP contribution is -2.12. The molecule has 0 aliphatic carbocycles. The standard InChI is InChI=1S/C13H11BrFN3O/c14-10-4-12(6-18-5-10)19-7-8-1-9(13(16)17)3-11(15)2-8/h1-6H,7H2,(H3,16,17). The Morgan fingerprint density at radius 3 is 2.79 bits per heavy atom. The Morgan fingerprint density at radius 2 is 2.11 bits per heavy atom. The number of hydrogen-bond acceptors (Lipinski definition) is 3. The van der Waals surface area contributed by atoms with Crippen LogP contribution in [-0.2, 0) is 6.61 Å². The molecule has 0 aliphatic heterocycles. The number of hydrogen-bond donors (Lipinski definition) is 2. The number of nitrogens with two attached hydrogens (primary N) is 1. The molecule has 98 valence electrons. The van der Waals surface area contributed by atoms with E-state index in [1.807, 2.05) is 0 Å². The number of amidine groups is 1. The van der Waals surface area contributed by atoms with Crippen molar-refractivity contribution in [2.75, 3.05) is 0 Å². The van der Waals surface area contributed by atoms with Gasteiger partial charge in [0.1, 0.15) is 24.0 Å². The third-order valence-corrected chi connectivity index (χ3v) is 2.79. The van der Waals surface area contributed by atoms with Crippen molar-refractivity contribution < 1.29 is 9.13 Å². The van der Waals surface area contributed by atoms with Crippen LogP contribution in [0.25, 0.3) is 0 Å². The van der Waals surface area contributed by atoms with E-state index in [4.69, 9.17) is 15.9 Å². The number of nitrogens with one attached hydrogen (secondary N) is 1. The van der Waals surface area contributed by atoms with E-state index in [-0.39, 0.29) is 12.4 Å². The summed E-state index contributed by atoms with van der Waals surface area (Å²) >= 11 is 3.28. The smallest absolute Gasteiger partial charge is 0.139 e. The van der Waals surface area contributed by atoms with Gasteiger partial charge in [-0.1, -0.05) is 0 Å². The van der Waals surface area contributed by atoms with Crippen LogP contribution >= 0.6 is 15.9 Å². The van der Waals surface area contributed by atoms with Crippen molar-refractivity contribution in [1.29, 1.82) is 5.41 Å². The van der Waals surface area contributed by atoms with Crippen molar-refractivity contribution in [2.45, 2.75) is 6.61 Å². The molecule has 0 unspecified atom stereocenters. The third-order valence-electron chi connectivity index (χ3n) is 2.35. The molecule has 0 spiro atoms. The Kier molecular flexibility index (Phi) is 4.11. The summed E-state index contributed by atoms with van der Waals surface area (Å²) in [5, 5.41) is 7.31. The van der Waals surface area contributed by atoms with E-state index in [1.54, 1.807) is 24.5 Å². The molecule has 1 heterocycles. The van der Waals surface area contributed by atoms with Crippen molar-refractivity contribution in [1.82, 2.24) is 4.98 Å². The Morgan fingerprint density at radius 1 is 1.32 bits per heavy atom. The molecule has 1 aromatic heterocycles. The van der Waals surface area contributed by atoms with Crippen LogP contribution in [0.4, 0.5) is 4.39 Å². The van der Waals surface area contributed by atoms with Gasteiger partial charge in [-0.15, -0.1) is 0 Å². The molecule has 3 N–H and O–H groups in total. The van der Waals surface area contributed by atoms with Gasteiger partial charge in [-0.05, 0) is 45.8 Å². The fourth-order valence-corrected chi connectivity index (χ4v) is 1.87. The Labute approximate surface area is 118 Å². The number of pyridine rings is 1. The van der Waals surface area contributed by atoms with Crippen LogP contribution < -0.4 is 10.5 Å². The molecule has 2 rings (SSSR count). The summed E-state index contributed by atoms with van der Waals surface area (Å²) in [6.07, 6.45) is 3.21. The minimum atomic E-state index is -0.446. The number of benzene rings is 1. The molecule has 19 heavy (non-hydrogen) atoms. The van der Waals surface area contributed by atoms with E-state index in [2.05, 4.69) is 20.9 Å². The number of rotatable bonds is 4. The van der Waals surface area contributed by atoms with Crippen molar-refractivity contribution >= 4 is 21.8 Å². The van der Waals surface area contributed by atoms with E-state index < -0.39 is 5.82 Å². The minimum absolute atomic E-state index is 0.176. The topological polar surface area (TPSA) is 72.0 Å². The van der Waals surface area contributed by atoms with Crippen molar-refractivity contribution in [3.63, 3.8) is 0 Å². The van der Waals surface area contributed by atoms with Crippen LogP contribution in [-0.4, -0.2) is 10.8 Å². The number of aromatic nitrogens is 1. The van der Waals surface area contributed by atoms with Gasteiger partial charge in [0.05, 0.1) is 6.20 Å². The van der Waals surface area contributed by atoms with E-state index in [0.29, 0.717) is 16.9 Å². The first-order valence-electron chi connectivity index (χ1n) is 5.42. The molecule has 0 aliphatic rings.